The Hall–Kier alpha value is -1.59. The van der Waals surface area contributed by atoms with E-state index in [1.165, 1.54) is 4.88 Å². The Morgan fingerprint density at radius 1 is 1.20 bits per heavy atom. The average Bonchev–Trinajstić information content (AvgIpc) is 2.94. The molecule has 0 aliphatic heterocycles. The van der Waals surface area contributed by atoms with Gasteiger partial charge in [-0.05, 0) is 30.8 Å². The highest BCUT2D eigenvalue weighted by Crippen LogP contribution is 2.18. The number of nitrogens with one attached hydrogen (secondary N) is 1. The van der Waals surface area contributed by atoms with Gasteiger partial charge in [-0.15, -0.1) is 11.3 Å². The number of benzene rings is 1. The van der Waals surface area contributed by atoms with Crippen molar-refractivity contribution in [2.24, 2.45) is 0 Å². The lowest BCUT2D eigenvalue weighted by molar-refractivity contribution is 0.321. The van der Waals surface area contributed by atoms with E-state index in [9.17, 15) is 0 Å². The van der Waals surface area contributed by atoms with E-state index >= 15 is 0 Å². The van der Waals surface area contributed by atoms with Crippen molar-refractivity contribution in [2.45, 2.75) is 19.9 Å². The van der Waals surface area contributed by atoms with Crippen LogP contribution < -0.4 is 14.8 Å². The van der Waals surface area contributed by atoms with Gasteiger partial charge in [-0.3, -0.25) is 0 Å². The van der Waals surface area contributed by atoms with E-state index in [4.69, 9.17) is 9.47 Å². The molecule has 2 rings (SSSR count). The number of ether oxygens (including phenoxy) is 2. The summed E-state index contributed by atoms with van der Waals surface area (Å²) < 4.78 is 10.8. The number of hydrogen-bond donors (Lipinski definition) is 1. The largest absolute Gasteiger partial charge is 0.497 e. The quantitative estimate of drug-likeness (QED) is 0.812. The molecule has 20 heavy (non-hydrogen) atoms. The third-order valence-corrected chi connectivity index (χ3v) is 3.85. The summed E-state index contributed by atoms with van der Waals surface area (Å²) in [6, 6.07) is 7.62. The second kappa shape index (κ2) is 7.87. The van der Waals surface area contributed by atoms with Gasteiger partial charge in [0.2, 0.25) is 0 Å². The van der Waals surface area contributed by atoms with Crippen LogP contribution in [-0.4, -0.2) is 25.2 Å². The maximum Gasteiger partial charge on any atom is 0.119 e. The Bertz CT molecular complexity index is 511. The molecule has 0 aliphatic rings. The summed E-state index contributed by atoms with van der Waals surface area (Å²) in [7, 11) is 1.66. The number of nitrogens with zero attached hydrogens (tertiary/aromatic N) is 1. The Morgan fingerprint density at radius 3 is 2.65 bits per heavy atom. The number of aromatic nitrogens is 1. The molecule has 0 amide bonds. The van der Waals surface area contributed by atoms with E-state index in [-0.39, 0.29) is 0 Å². The van der Waals surface area contributed by atoms with E-state index in [2.05, 4.69) is 17.2 Å². The van der Waals surface area contributed by atoms with Crippen LogP contribution >= 0.6 is 11.3 Å². The predicted molar refractivity (Wildman–Crippen MR) is 81.7 cm³/mol. The Labute approximate surface area is 123 Å². The smallest absolute Gasteiger partial charge is 0.119 e. The van der Waals surface area contributed by atoms with Crippen LogP contribution in [0.5, 0.6) is 11.5 Å². The molecule has 0 saturated heterocycles. The topological polar surface area (TPSA) is 43.4 Å². The number of methoxy groups -OCH3 is 1. The molecule has 4 nitrogen and oxygen atoms in total. The molecule has 108 valence electrons. The molecule has 0 atom stereocenters. The van der Waals surface area contributed by atoms with Gasteiger partial charge in [-0.1, -0.05) is 6.92 Å². The molecule has 0 fully saturated rings. The molecular weight excluding hydrogens is 272 g/mol. The van der Waals surface area contributed by atoms with Gasteiger partial charge in [0, 0.05) is 24.0 Å². The molecule has 2 aromatic rings. The molecule has 1 N–H and O–H groups in total. The van der Waals surface area contributed by atoms with E-state index in [1.807, 2.05) is 30.5 Å². The van der Waals surface area contributed by atoms with Gasteiger partial charge < -0.3 is 14.8 Å². The van der Waals surface area contributed by atoms with Gasteiger partial charge in [0.25, 0.3) is 0 Å². The van der Waals surface area contributed by atoms with Crippen molar-refractivity contribution in [3.8, 4) is 11.5 Å². The van der Waals surface area contributed by atoms with Crippen LogP contribution in [0.2, 0.25) is 0 Å². The van der Waals surface area contributed by atoms with E-state index in [0.29, 0.717) is 6.61 Å². The summed E-state index contributed by atoms with van der Waals surface area (Å²) in [5, 5.41) is 4.41. The Balaban J connectivity index is 1.75. The highest BCUT2D eigenvalue weighted by atomic mass is 32.1. The standard InChI is InChI=1S/C15H20N2O2S/c1-3-16-10-14-11-17-15(20-14)8-9-19-13-6-4-12(18-2)5-7-13/h4-7,11,16H,3,8-10H2,1-2H3. The molecular formula is C15H20N2O2S. The monoisotopic (exact) mass is 292 g/mol. The molecule has 0 radical (unpaired) electrons. The SMILES string of the molecule is CCNCc1cnc(CCOc2ccc(OC)cc2)s1. The number of rotatable bonds is 8. The molecule has 1 aromatic heterocycles. The van der Waals surface area contributed by atoms with Crippen molar-refractivity contribution in [1.82, 2.24) is 10.3 Å². The third kappa shape index (κ3) is 4.51. The zero-order valence-corrected chi connectivity index (χ0v) is 12.7. The van der Waals surface area contributed by atoms with Gasteiger partial charge in [0.1, 0.15) is 11.5 Å². The molecule has 0 saturated carbocycles. The number of thiazole rings is 1. The fraction of sp³-hybridized carbons (Fsp3) is 0.400. The molecule has 0 aliphatic carbocycles. The first kappa shape index (κ1) is 14.8. The van der Waals surface area contributed by atoms with Crippen molar-refractivity contribution < 1.29 is 9.47 Å². The first-order valence-electron chi connectivity index (χ1n) is 6.73. The lowest BCUT2D eigenvalue weighted by Crippen LogP contribution is -2.10. The second-order valence-corrected chi connectivity index (χ2v) is 5.47. The van der Waals surface area contributed by atoms with Gasteiger partial charge in [0.15, 0.2) is 0 Å². The highest BCUT2D eigenvalue weighted by Gasteiger charge is 2.02. The molecule has 0 spiro atoms. The summed E-state index contributed by atoms with van der Waals surface area (Å²) >= 11 is 1.74. The van der Waals surface area contributed by atoms with Crippen LogP contribution in [0.4, 0.5) is 0 Å². The van der Waals surface area contributed by atoms with Crippen LogP contribution in [0, 0.1) is 0 Å². The first-order valence-corrected chi connectivity index (χ1v) is 7.54. The van der Waals surface area contributed by atoms with Crippen molar-refractivity contribution in [1.29, 1.82) is 0 Å². The minimum Gasteiger partial charge on any atom is -0.497 e. The second-order valence-electron chi connectivity index (χ2n) is 4.27. The van der Waals surface area contributed by atoms with Crippen molar-refractivity contribution in [3.63, 3.8) is 0 Å². The van der Waals surface area contributed by atoms with Crippen LogP contribution in [0.15, 0.2) is 30.5 Å². The highest BCUT2D eigenvalue weighted by molar-refractivity contribution is 7.11. The maximum atomic E-state index is 5.70. The molecule has 5 heteroatoms. The Morgan fingerprint density at radius 2 is 1.95 bits per heavy atom. The van der Waals surface area contributed by atoms with Crippen LogP contribution in [0.1, 0.15) is 16.8 Å². The average molecular weight is 292 g/mol. The summed E-state index contributed by atoms with van der Waals surface area (Å²) in [6.07, 6.45) is 2.78. The maximum absolute atomic E-state index is 5.70. The fourth-order valence-electron chi connectivity index (χ4n) is 1.72. The summed E-state index contributed by atoms with van der Waals surface area (Å²) in [4.78, 5) is 5.68. The molecule has 1 aromatic carbocycles. The molecule has 1 heterocycles. The zero-order chi connectivity index (χ0) is 14.2. The van der Waals surface area contributed by atoms with Crippen LogP contribution in [0.3, 0.4) is 0 Å². The lowest BCUT2D eigenvalue weighted by atomic mass is 10.3. The van der Waals surface area contributed by atoms with Crippen molar-refractivity contribution >= 4 is 11.3 Å². The minimum atomic E-state index is 0.639. The van der Waals surface area contributed by atoms with Gasteiger partial charge in [-0.2, -0.15) is 0 Å². The van der Waals surface area contributed by atoms with Gasteiger partial charge in [0.05, 0.1) is 18.7 Å². The number of hydrogen-bond acceptors (Lipinski definition) is 5. The van der Waals surface area contributed by atoms with Gasteiger partial charge >= 0.3 is 0 Å². The summed E-state index contributed by atoms with van der Waals surface area (Å²) in [6.45, 7) is 4.62. The minimum absolute atomic E-state index is 0.639. The summed E-state index contributed by atoms with van der Waals surface area (Å²) in [5.74, 6) is 1.69. The zero-order valence-electron chi connectivity index (χ0n) is 11.9. The van der Waals surface area contributed by atoms with Crippen molar-refractivity contribution in [3.05, 3.63) is 40.3 Å². The fourth-order valence-corrected chi connectivity index (χ4v) is 2.59. The molecule has 0 unspecified atom stereocenters. The van der Waals surface area contributed by atoms with E-state index < -0.39 is 0 Å². The third-order valence-electron chi connectivity index (χ3n) is 2.79. The first-order chi connectivity index (χ1) is 9.81. The van der Waals surface area contributed by atoms with Crippen molar-refractivity contribution in [2.75, 3.05) is 20.3 Å². The van der Waals surface area contributed by atoms with E-state index in [0.717, 1.165) is 36.0 Å². The lowest BCUT2D eigenvalue weighted by Gasteiger charge is -2.05. The summed E-state index contributed by atoms with van der Waals surface area (Å²) in [5.41, 5.74) is 0. The van der Waals surface area contributed by atoms with Crippen LogP contribution in [0.25, 0.3) is 0 Å². The Kier molecular flexibility index (Phi) is 5.83. The normalized spacial score (nSPS) is 10.5. The predicted octanol–water partition coefficient (Wildman–Crippen LogP) is 2.88. The van der Waals surface area contributed by atoms with E-state index in [1.54, 1.807) is 18.4 Å². The van der Waals surface area contributed by atoms with Gasteiger partial charge in [-0.25, -0.2) is 4.98 Å². The van der Waals surface area contributed by atoms with Crippen LogP contribution in [-0.2, 0) is 13.0 Å². The molecule has 0 bridgehead atoms.